The van der Waals surface area contributed by atoms with Crippen molar-refractivity contribution in [2.75, 3.05) is 6.54 Å². The molecule has 5 heteroatoms. The maximum absolute atomic E-state index is 11.9. The van der Waals surface area contributed by atoms with E-state index < -0.39 is 5.97 Å². The first-order valence-electron chi connectivity index (χ1n) is 6.78. The molecule has 2 N–H and O–H groups in total. The van der Waals surface area contributed by atoms with E-state index in [0.717, 1.165) is 30.6 Å². The smallest absolute Gasteiger partial charge is 0.303 e. The van der Waals surface area contributed by atoms with Gasteiger partial charge in [-0.3, -0.25) is 9.59 Å². The van der Waals surface area contributed by atoms with Crippen LogP contribution < -0.4 is 5.32 Å². The van der Waals surface area contributed by atoms with Gasteiger partial charge in [-0.25, -0.2) is 0 Å². The topological polar surface area (TPSA) is 66.4 Å². The number of nitrogens with one attached hydrogen (secondary N) is 1. The van der Waals surface area contributed by atoms with Gasteiger partial charge in [0.25, 0.3) is 5.91 Å². The van der Waals surface area contributed by atoms with Gasteiger partial charge in [-0.15, -0.1) is 11.3 Å². The second-order valence-electron chi connectivity index (χ2n) is 4.87. The van der Waals surface area contributed by atoms with Gasteiger partial charge in [-0.05, 0) is 43.7 Å². The monoisotopic (exact) mass is 281 g/mol. The van der Waals surface area contributed by atoms with Gasteiger partial charge in [0.1, 0.15) is 0 Å². The lowest BCUT2D eigenvalue weighted by Gasteiger charge is -2.03. The van der Waals surface area contributed by atoms with E-state index in [-0.39, 0.29) is 12.3 Å². The van der Waals surface area contributed by atoms with Crippen molar-refractivity contribution in [2.24, 2.45) is 0 Å². The minimum atomic E-state index is -0.753. The summed E-state index contributed by atoms with van der Waals surface area (Å²) in [4.78, 5) is 24.4. The molecule has 4 nitrogen and oxygen atoms in total. The van der Waals surface area contributed by atoms with Crippen LogP contribution in [0.3, 0.4) is 0 Å². The number of carbonyl (C=O) groups is 2. The first-order chi connectivity index (χ1) is 9.16. The summed E-state index contributed by atoms with van der Waals surface area (Å²) in [6.07, 6.45) is 6.01. The molecular weight excluding hydrogens is 262 g/mol. The number of carbonyl (C=O) groups excluding carboxylic acids is 1. The number of carboxylic acid groups (broad SMARTS) is 1. The zero-order valence-corrected chi connectivity index (χ0v) is 11.7. The van der Waals surface area contributed by atoms with E-state index in [9.17, 15) is 9.59 Å². The maximum Gasteiger partial charge on any atom is 0.303 e. The molecule has 1 heterocycles. The van der Waals surface area contributed by atoms with Gasteiger partial charge in [0.2, 0.25) is 0 Å². The number of hydrogen-bond donors (Lipinski definition) is 2. The van der Waals surface area contributed by atoms with Crippen LogP contribution in [-0.4, -0.2) is 23.5 Å². The van der Waals surface area contributed by atoms with Gasteiger partial charge in [0.05, 0.1) is 4.88 Å². The number of hydrogen-bond acceptors (Lipinski definition) is 3. The summed E-state index contributed by atoms with van der Waals surface area (Å²) < 4.78 is 0. The molecular formula is C14H19NO3S. The highest BCUT2D eigenvalue weighted by Gasteiger charge is 2.17. The number of aliphatic carboxylic acids is 1. The van der Waals surface area contributed by atoms with Crippen molar-refractivity contribution in [3.05, 3.63) is 21.4 Å². The largest absolute Gasteiger partial charge is 0.481 e. The molecule has 0 fully saturated rings. The molecule has 1 aromatic rings. The Labute approximate surface area is 116 Å². The highest BCUT2D eigenvalue weighted by Crippen LogP contribution is 2.30. The SMILES string of the molecule is O=C(O)CCCCCNC(=O)c1cc2c(s1)CCC2. The van der Waals surface area contributed by atoms with Crippen LogP contribution in [0.5, 0.6) is 0 Å². The van der Waals surface area contributed by atoms with Crippen LogP contribution in [0.4, 0.5) is 0 Å². The Morgan fingerprint density at radius 2 is 2.11 bits per heavy atom. The summed E-state index contributed by atoms with van der Waals surface area (Å²) in [7, 11) is 0. The molecule has 1 aromatic heterocycles. The van der Waals surface area contributed by atoms with E-state index in [1.165, 1.54) is 16.9 Å². The molecule has 0 atom stereocenters. The van der Waals surface area contributed by atoms with E-state index in [0.29, 0.717) is 13.0 Å². The van der Waals surface area contributed by atoms with Crippen molar-refractivity contribution >= 4 is 23.2 Å². The van der Waals surface area contributed by atoms with Gasteiger partial charge in [-0.2, -0.15) is 0 Å². The summed E-state index contributed by atoms with van der Waals surface area (Å²) in [6, 6.07) is 2.02. The van der Waals surface area contributed by atoms with Gasteiger partial charge in [0.15, 0.2) is 0 Å². The van der Waals surface area contributed by atoms with E-state index in [1.807, 2.05) is 6.07 Å². The Bertz CT molecular complexity index is 446. The van der Waals surface area contributed by atoms with Gasteiger partial charge in [0, 0.05) is 17.8 Å². The third kappa shape index (κ3) is 4.06. The van der Waals surface area contributed by atoms with Crippen LogP contribution in [0.1, 0.15) is 52.2 Å². The minimum Gasteiger partial charge on any atom is -0.481 e. The summed E-state index contributed by atoms with van der Waals surface area (Å²) in [5, 5.41) is 11.4. The Morgan fingerprint density at radius 3 is 2.84 bits per heavy atom. The Hall–Kier alpha value is -1.36. The van der Waals surface area contributed by atoms with Crippen molar-refractivity contribution in [3.63, 3.8) is 0 Å². The molecule has 0 radical (unpaired) electrons. The van der Waals surface area contributed by atoms with Crippen molar-refractivity contribution in [1.29, 1.82) is 0 Å². The van der Waals surface area contributed by atoms with Crippen LogP contribution in [0.15, 0.2) is 6.07 Å². The summed E-state index contributed by atoms with van der Waals surface area (Å²) in [5.74, 6) is -0.741. The molecule has 0 saturated carbocycles. The molecule has 104 valence electrons. The number of fused-ring (bicyclic) bond motifs is 1. The van der Waals surface area contributed by atoms with Crippen LogP contribution >= 0.6 is 11.3 Å². The second kappa shape index (κ2) is 6.70. The molecule has 0 saturated heterocycles. The highest BCUT2D eigenvalue weighted by atomic mass is 32.1. The molecule has 0 bridgehead atoms. The van der Waals surface area contributed by atoms with Crippen molar-refractivity contribution < 1.29 is 14.7 Å². The molecule has 0 aliphatic heterocycles. The molecule has 1 aliphatic carbocycles. The van der Waals surface area contributed by atoms with E-state index >= 15 is 0 Å². The standard InChI is InChI=1S/C14H19NO3S/c16-13(17)7-2-1-3-8-15-14(18)12-9-10-5-4-6-11(10)19-12/h9H,1-8H2,(H,15,18)(H,16,17). The normalized spacial score (nSPS) is 13.3. The Balaban J connectivity index is 1.65. The average molecular weight is 281 g/mol. The zero-order chi connectivity index (χ0) is 13.7. The van der Waals surface area contributed by atoms with Gasteiger partial charge >= 0.3 is 5.97 Å². The quantitative estimate of drug-likeness (QED) is 0.755. The van der Waals surface area contributed by atoms with Crippen LogP contribution in [0.25, 0.3) is 0 Å². The summed E-state index contributed by atoms with van der Waals surface area (Å²) in [5.41, 5.74) is 1.34. The molecule has 19 heavy (non-hydrogen) atoms. The first kappa shape index (κ1) is 14.1. The van der Waals surface area contributed by atoms with Crippen LogP contribution in [-0.2, 0) is 17.6 Å². The molecule has 0 aromatic carbocycles. The second-order valence-corrected chi connectivity index (χ2v) is 6.01. The molecule has 0 unspecified atom stereocenters. The van der Waals surface area contributed by atoms with E-state index in [1.54, 1.807) is 11.3 Å². The summed E-state index contributed by atoms with van der Waals surface area (Å²) >= 11 is 1.61. The Kier molecular flexibility index (Phi) is 4.96. The number of thiophene rings is 1. The predicted molar refractivity (Wildman–Crippen MR) is 74.8 cm³/mol. The van der Waals surface area contributed by atoms with E-state index in [2.05, 4.69) is 5.32 Å². The average Bonchev–Trinajstić information content (AvgIpc) is 2.93. The van der Waals surface area contributed by atoms with Crippen LogP contribution in [0, 0.1) is 0 Å². The highest BCUT2D eigenvalue weighted by molar-refractivity contribution is 7.14. The van der Waals surface area contributed by atoms with E-state index in [4.69, 9.17) is 5.11 Å². The number of aryl methyl sites for hydroxylation is 2. The Morgan fingerprint density at radius 1 is 1.26 bits per heavy atom. The van der Waals surface area contributed by atoms with Crippen molar-refractivity contribution in [3.8, 4) is 0 Å². The molecule has 1 aliphatic rings. The lowest BCUT2D eigenvalue weighted by Crippen LogP contribution is -2.23. The third-order valence-corrected chi connectivity index (χ3v) is 4.56. The minimum absolute atomic E-state index is 0.0117. The molecule has 2 rings (SSSR count). The van der Waals surface area contributed by atoms with Gasteiger partial charge in [-0.1, -0.05) is 6.42 Å². The number of carboxylic acids is 1. The van der Waals surface area contributed by atoms with Crippen molar-refractivity contribution in [2.45, 2.75) is 44.9 Å². The van der Waals surface area contributed by atoms with Crippen LogP contribution in [0.2, 0.25) is 0 Å². The number of rotatable bonds is 7. The lowest BCUT2D eigenvalue weighted by atomic mass is 10.2. The predicted octanol–water partition coefficient (Wildman–Crippen LogP) is 2.61. The van der Waals surface area contributed by atoms with Crippen molar-refractivity contribution in [1.82, 2.24) is 5.32 Å². The fourth-order valence-corrected chi connectivity index (χ4v) is 3.48. The lowest BCUT2D eigenvalue weighted by molar-refractivity contribution is -0.137. The fourth-order valence-electron chi connectivity index (χ4n) is 2.31. The first-order valence-corrected chi connectivity index (χ1v) is 7.60. The number of amides is 1. The molecule has 1 amide bonds. The third-order valence-electron chi connectivity index (χ3n) is 3.32. The maximum atomic E-state index is 11.9. The zero-order valence-electron chi connectivity index (χ0n) is 10.9. The van der Waals surface area contributed by atoms with Gasteiger partial charge < -0.3 is 10.4 Å². The number of unbranched alkanes of at least 4 members (excludes halogenated alkanes) is 2. The fraction of sp³-hybridized carbons (Fsp3) is 0.571. The molecule has 0 spiro atoms. The summed E-state index contributed by atoms with van der Waals surface area (Å²) in [6.45, 7) is 0.626.